The van der Waals surface area contributed by atoms with E-state index < -0.39 is 24.3 Å². The van der Waals surface area contributed by atoms with Gasteiger partial charge in [-0.2, -0.15) is 0 Å². The molecule has 0 aliphatic heterocycles. The number of amides is 1. The van der Waals surface area contributed by atoms with Gasteiger partial charge in [-0.1, -0.05) is 48.5 Å². The second-order valence-corrected chi connectivity index (χ2v) is 6.47. The third kappa shape index (κ3) is 5.15. The number of nitrogens with one attached hydrogen (secondary N) is 1. The molecule has 0 spiro atoms. The number of hydrogen-bond acceptors (Lipinski definition) is 5. The molecule has 0 radical (unpaired) electrons. The highest BCUT2D eigenvalue weighted by Crippen LogP contribution is 2.28. The van der Waals surface area contributed by atoms with Crippen molar-refractivity contribution in [3.63, 3.8) is 0 Å². The Hall–Kier alpha value is -3.84. The number of phenols is 1. The van der Waals surface area contributed by atoms with Crippen molar-refractivity contribution >= 4 is 28.5 Å². The highest BCUT2D eigenvalue weighted by Gasteiger charge is 2.26. The van der Waals surface area contributed by atoms with Crippen molar-refractivity contribution in [1.82, 2.24) is 0 Å². The normalized spacial score (nSPS) is 13.1. The first-order valence-electron chi connectivity index (χ1n) is 9.16. The van der Waals surface area contributed by atoms with E-state index in [0.717, 1.165) is 16.8 Å². The number of rotatable bonds is 7. The molecule has 30 heavy (non-hydrogen) atoms. The van der Waals surface area contributed by atoms with Crippen LogP contribution in [0.3, 0.4) is 0 Å². The van der Waals surface area contributed by atoms with Crippen LogP contribution in [0.2, 0.25) is 0 Å². The second kappa shape index (κ2) is 9.58. The lowest BCUT2D eigenvalue weighted by atomic mass is 10.0. The van der Waals surface area contributed by atoms with Crippen LogP contribution in [0.1, 0.15) is 11.7 Å². The summed E-state index contributed by atoms with van der Waals surface area (Å²) >= 11 is 0. The minimum atomic E-state index is -1.15. The predicted octanol–water partition coefficient (Wildman–Crippen LogP) is 4.49. The third-order valence-corrected chi connectivity index (χ3v) is 4.48. The van der Waals surface area contributed by atoms with Gasteiger partial charge in [-0.05, 0) is 35.2 Å². The van der Waals surface area contributed by atoms with Crippen LogP contribution >= 0.6 is 0 Å². The minimum absolute atomic E-state index is 0.0488. The Labute approximate surface area is 173 Å². The SMILES string of the molecule is CO[C@H](/C=C/C(=O)O)[C@H](OC(=O)Nc1cccc2ccccc12)c1ccc(O)cc1. The second-order valence-electron chi connectivity index (χ2n) is 6.47. The Bertz CT molecular complexity index is 1060. The number of benzene rings is 3. The maximum Gasteiger partial charge on any atom is 0.412 e. The van der Waals surface area contributed by atoms with Gasteiger partial charge in [0, 0.05) is 18.6 Å². The molecule has 0 aromatic heterocycles. The van der Waals surface area contributed by atoms with Crippen molar-refractivity contribution in [2.24, 2.45) is 0 Å². The molecular weight excluding hydrogens is 386 g/mol. The molecule has 0 heterocycles. The summed E-state index contributed by atoms with van der Waals surface area (Å²) in [5.74, 6) is -1.10. The van der Waals surface area contributed by atoms with Crippen molar-refractivity contribution in [3.8, 4) is 5.75 Å². The van der Waals surface area contributed by atoms with Gasteiger partial charge in [0.25, 0.3) is 0 Å². The van der Waals surface area contributed by atoms with Gasteiger partial charge in [0.05, 0.1) is 5.69 Å². The zero-order valence-corrected chi connectivity index (χ0v) is 16.2. The van der Waals surface area contributed by atoms with E-state index in [-0.39, 0.29) is 5.75 Å². The molecule has 154 valence electrons. The average molecular weight is 407 g/mol. The number of carbonyl (C=O) groups is 2. The molecule has 0 bridgehead atoms. The summed E-state index contributed by atoms with van der Waals surface area (Å²) in [4.78, 5) is 23.6. The number of carbonyl (C=O) groups excluding carboxylic acids is 1. The Morgan fingerprint density at radius 2 is 1.70 bits per heavy atom. The molecule has 3 rings (SSSR count). The molecule has 0 saturated carbocycles. The first-order valence-corrected chi connectivity index (χ1v) is 9.16. The molecule has 2 atom stereocenters. The van der Waals surface area contributed by atoms with Gasteiger partial charge in [-0.15, -0.1) is 0 Å². The standard InChI is InChI=1S/C23H21NO6/c1-29-20(13-14-21(26)27)22(16-9-11-17(25)12-10-16)30-23(28)24-19-8-4-6-15-5-2-3-7-18(15)19/h2-14,20,22,25H,1H3,(H,24,28)(H,26,27)/b14-13+/t20-,22-/m1/s1. The van der Waals surface area contributed by atoms with Crippen molar-refractivity contribution in [3.05, 3.63) is 84.4 Å². The van der Waals surface area contributed by atoms with Crippen LogP contribution in [0, 0.1) is 0 Å². The van der Waals surface area contributed by atoms with Crippen LogP contribution in [0.4, 0.5) is 10.5 Å². The number of carboxylic acids is 1. The molecule has 3 aromatic carbocycles. The molecule has 1 amide bonds. The van der Waals surface area contributed by atoms with Crippen molar-refractivity contribution in [2.45, 2.75) is 12.2 Å². The van der Waals surface area contributed by atoms with Gasteiger partial charge in [-0.25, -0.2) is 9.59 Å². The summed E-state index contributed by atoms with van der Waals surface area (Å²) in [6.07, 6.45) is -0.307. The number of anilines is 1. The maximum atomic E-state index is 12.7. The van der Waals surface area contributed by atoms with Gasteiger partial charge in [0.2, 0.25) is 0 Å². The lowest BCUT2D eigenvalue weighted by molar-refractivity contribution is -0.131. The average Bonchev–Trinajstić information content (AvgIpc) is 2.74. The molecule has 3 aromatic rings. The molecular formula is C23H21NO6. The minimum Gasteiger partial charge on any atom is -0.508 e. The number of carboxylic acid groups (broad SMARTS) is 1. The van der Waals surface area contributed by atoms with E-state index in [1.165, 1.54) is 25.3 Å². The first kappa shape index (κ1) is 20.9. The predicted molar refractivity (Wildman–Crippen MR) is 112 cm³/mol. The number of fused-ring (bicyclic) bond motifs is 1. The lowest BCUT2D eigenvalue weighted by Crippen LogP contribution is -2.27. The molecule has 0 unspecified atom stereocenters. The van der Waals surface area contributed by atoms with Crippen LogP contribution in [0.5, 0.6) is 5.75 Å². The largest absolute Gasteiger partial charge is 0.508 e. The number of hydrogen-bond donors (Lipinski definition) is 3. The highest BCUT2D eigenvalue weighted by atomic mass is 16.6. The fourth-order valence-corrected chi connectivity index (χ4v) is 3.06. The molecule has 0 aliphatic rings. The van der Waals surface area contributed by atoms with Crippen LogP contribution < -0.4 is 5.32 Å². The van der Waals surface area contributed by atoms with Crippen LogP contribution in [0.15, 0.2) is 78.9 Å². The Morgan fingerprint density at radius 3 is 2.40 bits per heavy atom. The van der Waals surface area contributed by atoms with Crippen LogP contribution in [0.25, 0.3) is 10.8 Å². The zero-order chi connectivity index (χ0) is 21.5. The van der Waals surface area contributed by atoms with E-state index in [1.807, 2.05) is 36.4 Å². The zero-order valence-electron chi connectivity index (χ0n) is 16.2. The summed E-state index contributed by atoms with van der Waals surface area (Å²) in [5, 5.41) is 23.0. The third-order valence-electron chi connectivity index (χ3n) is 4.48. The van der Waals surface area contributed by atoms with Crippen molar-refractivity contribution in [1.29, 1.82) is 0 Å². The van der Waals surface area contributed by atoms with Crippen LogP contribution in [-0.4, -0.2) is 35.5 Å². The number of ether oxygens (including phenoxy) is 2. The number of aromatic hydroxyl groups is 1. The smallest absolute Gasteiger partial charge is 0.412 e. The van der Waals surface area contributed by atoms with Crippen LogP contribution in [-0.2, 0) is 14.3 Å². The van der Waals surface area contributed by atoms with Gasteiger partial charge in [-0.3, -0.25) is 5.32 Å². The molecule has 0 aliphatic carbocycles. The number of phenolic OH excluding ortho intramolecular Hbond substituents is 1. The molecule has 7 heteroatoms. The van der Waals surface area contributed by atoms with Crippen molar-refractivity contribution < 1.29 is 29.3 Å². The Kier molecular flexibility index (Phi) is 6.67. The van der Waals surface area contributed by atoms with Gasteiger partial charge in [0.1, 0.15) is 11.9 Å². The lowest BCUT2D eigenvalue weighted by Gasteiger charge is -2.24. The van der Waals surface area contributed by atoms with Gasteiger partial charge >= 0.3 is 12.1 Å². The summed E-state index contributed by atoms with van der Waals surface area (Å²) in [7, 11) is 1.39. The quantitative estimate of drug-likeness (QED) is 0.499. The number of methoxy groups -OCH3 is 1. The van der Waals surface area contributed by atoms with E-state index in [2.05, 4.69) is 5.32 Å². The summed E-state index contributed by atoms with van der Waals surface area (Å²) in [5.41, 5.74) is 1.11. The molecule has 3 N–H and O–H groups in total. The highest BCUT2D eigenvalue weighted by molar-refractivity contribution is 6.00. The van der Waals surface area contributed by atoms with E-state index in [0.29, 0.717) is 11.3 Å². The molecule has 0 saturated heterocycles. The number of aliphatic carboxylic acids is 1. The fraction of sp³-hybridized carbons (Fsp3) is 0.130. The van der Waals surface area contributed by atoms with E-state index in [9.17, 15) is 14.7 Å². The summed E-state index contributed by atoms with van der Waals surface area (Å²) in [6.45, 7) is 0. The Balaban J connectivity index is 1.86. The maximum absolute atomic E-state index is 12.7. The molecule has 0 fully saturated rings. The monoisotopic (exact) mass is 407 g/mol. The van der Waals surface area contributed by atoms with Gasteiger partial charge < -0.3 is 19.7 Å². The summed E-state index contributed by atoms with van der Waals surface area (Å²) in [6, 6.07) is 19.2. The topological polar surface area (TPSA) is 105 Å². The first-order chi connectivity index (χ1) is 14.5. The van der Waals surface area contributed by atoms with Crippen molar-refractivity contribution in [2.75, 3.05) is 12.4 Å². The Morgan fingerprint density at radius 1 is 1.00 bits per heavy atom. The van der Waals surface area contributed by atoms with E-state index in [4.69, 9.17) is 14.6 Å². The van der Waals surface area contributed by atoms with E-state index >= 15 is 0 Å². The summed E-state index contributed by atoms with van der Waals surface area (Å²) < 4.78 is 11.0. The molecule has 7 nitrogen and oxygen atoms in total. The van der Waals surface area contributed by atoms with Gasteiger partial charge in [0.15, 0.2) is 6.10 Å². The van der Waals surface area contributed by atoms with E-state index in [1.54, 1.807) is 18.2 Å². The fourth-order valence-electron chi connectivity index (χ4n) is 3.06.